The van der Waals surface area contributed by atoms with E-state index in [1.807, 2.05) is 11.9 Å². The molecule has 3 aromatic rings. The van der Waals surface area contributed by atoms with E-state index < -0.39 is 129 Å². The van der Waals surface area contributed by atoms with Crippen molar-refractivity contribution in [3.63, 3.8) is 0 Å². The number of carbonyl (C=O) groups excluding carboxylic acids is 5. The quantitative estimate of drug-likeness (QED) is 0.150. The predicted octanol–water partition coefficient (Wildman–Crippen LogP) is 5.21. The van der Waals surface area contributed by atoms with E-state index in [2.05, 4.69) is 10.2 Å². The number of pyridine rings is 2. The van der Waals surface area contributed by atoms with E-state index in [0.717, 1.165) is 41.7 Å². The number of hydrogen-bond donors (Lipinski definition) is 6. The van der Waals surface area contributed by atoms with E-state index in [1.165, 1.54) is 59.1 Å². The highest BCUT2D eigenvalue weighted by molar-refractivity contribution is 6.32. The number of allylic oxidation sites excluding steroid dienone is 4. The van der Waals surface area contributed by atoms with Gasteiger partial charge >= 0.3 is 17.7 Å². The summed E-state index contributed by atoms with van der Waals surface area (Å²) in [4.78, 5) is 103. The molecule has 22 heteroatoms. The fraction of sp³-hybridized carbons (Fsp3) is 0.525. The Labute approximate surface area is 480 Å². The van der Waals surface area contributed by atoms with Gasteiger partial charge in [0.1, 0.15) is 34.6 Å². The predicted molar refractivity (Wildman–Crippen MR) is 302 cm³/mol. The number of ether oxygens (including phenoxy) is 4. The third kappa shape index (κ3) is 11.1. The van der Waals surface area contributed by atoms with Crippen molar-refractivity contribution in [2.45, 2.75) is 136 Å². The number of aromatic nitrogens is 1. The molecule has 2 aliphatic carbocycles. The molecule has 1 saturated carbocycles. The zero-order valence-electron chi connectivity index (χ0n) is 48.5. The zero-order chi connectivity index (χ0) is 60.4. The number of ketones is 3. The Hall–Kier alpha value is -7.24. The van der Waals surface area contributed by atoms with E-state index in [0.29, 0.717) is 49.2 Å². The van der Waals surface area contributed by atoms with Crippen molar-refractivity contribution < 1.29 is 72.5 Å². The van der Waals surface area contributed by atoms with Crippen molar-refractivity contribution in [3.05, 3.63) is 115 Å². The zero-order valence-corrected chi connectivity index (χ0v) is 48.5. The van der Waals surface area contributed by atoms with Crippen molar-refractivity contribution in [3.8, 4) is 11.5 Å². The topological polar surface area (TPSA) is 290 Å². The first-order chi connectivity index (χ1) is 39.2. The number of rotatable bonds is 9. The van der Waals surface area contributed by atoms with Gasteiger partial charge in [0.25, 0.3) is 17.2 Å². The van der Waals surface area contributed by atoms with Gasteiger partial charge in [-0.3, -0.25) is 33.2 Å². The summed E-state index contributed by atoms with van der Waals surface area (Å²) in [5.41, 5.74) is 5.76. The first-order valence-electron chi connectivity index (χ1n) is 28.3. The van der Waals surface area contributed by atoms with Crippen LogP contribution in [-0.2, 0) is 23.8 Å². The van der Waals surface area contributed by atoms with Gasteiger partial charge in [-0.1, -0.05) is 39.0 Å². The number of amides is 1. The van der Waals surface area contributed by atoms with Crippen molar-refractivity contribution in [2.75, 3.05) is 51.8 Å². The van der Waals surface area contributed by atoms with E-state index in [1.54, 1.807) is 38.7 Å². The monoisotopic (exact) mass is 1150 g/mol. The third-order valence-electron chi connectivity index (χ3n) is 17.9. The number of aromatic carboxylic acids is 1. The second-order valence-corrected chi connectivity index (χ2v) is 23.6. The van der Waals surface area contributed by atoms with E-state index in [9.17, 15) is 44.4 Å². The first-order valence-corrected chi connectivity index (χ1v) is 28.3. The summed E-state index contributed by atoms with van der Waals surface area (Å²) >= 11 is 0. The molecule has 1 aromatic carbocycles. The van der Waals surface area contributed by atoms with Crippen LogP contribution < -0.4 is 26.2 Å². The lowest BCUT2D eigenvalue weighted by atomic mass is 9.81. The maximum absolute atomic E-state index is 16.2. The van der Waals surface area contributed by atoms with E-state index in [4.69, 9.17) is 24.7 Å². The highest BCUT2D eigenvalue weighted by atomic mass is 19.1. The van der Waals surface area contributed by atoms with Gasteiger partial charge < -0.3 is 65.1 Å². The number of aliphatic hydroxyl groups excluding tert-OH is 2. The van der Waals surface area contributed by atoms with Crippen LogP contribution in [0.2, 0.25) is 0 Å². The third-order valence-corrected chi connectivity index (χ3v) is 17.9. The van der Waals surface area contributed by atoms with Crippen molar-refractivity contribution in [2.24, 2.45) is 29.4 Å². The van der Waals surface area contributed by atoms with Gasteiger partial charge in [0.05, 0.1) is 64.7 Å². The molecule has 7 heterocycles. The molecule has 3 fully saturated rings. The number of likely N-dealkylation sites (tertiary alicyclic amines) is 1. The fourth-order valence-corrected chi connectivity index (χ4v) is 12.9. The van der Waals surface area contributed by atoms with Crippen LogP contribution in [0.4, 0.5) is 10.1 Å². The molecule has 83 heavy (non-hydrogen) atoms. The number of halogens is 1. The lowest BCUT2D eigenvalue weighted by Crippen LogP contribution is -2.53. The van der Waals surface area contributed by atoms with Crippen LogP contribution in [0, 0.1) is 43.3 Å². The number of esters is 1. The lowest BCUT2D eigenvalue weighted by Gasteiger charge is -2.40. The summed E-state index contributed by atoms with van der Waals surface area (Å²) in [6.45, 7) is 14.3. The summed E-state index contributed by atoms with van der Waals surface area (Å²) in [6, 6.07) is 0.180. The average Bonchev–Trinajstić information content (AvgIpc) is 2.31. The van der Waals surface area contributed by atoms with Gasteiger partial charge in [0, 0.05) is 88.6 Å². The largest absolute Gasteiger partial charge is 0.507 e. The molecule has 10 atom stereocenters. The number of nitrogens with two attached hydrogens (primary N) is 1. The number of nitrogens with zero attached hydrogens (tertiary/aromatic N) is 4. The maximum atomic E-state index is 16.2. The van der Waals surface area contributed by atoms with Gasteiger partial charge in [-0.15, -0.1) is 0 Å². The molecule has 7 aliphatic rings. The SMILES string of the molecule is CO[C@H]1/C=C/O[C@@]2(C)Oc3c(C)c(O)c4c(c3C2=O)C(=O)C(N2CCC(N(C)CC3CCN(c5c(F)cn6c(=O)c(C(=O)O)cc(C7CC7)c6c5C)C3)CC2)=C(NC(=O)/C(C)=C\C=C\[C@H](C)[C@H](O)[C@@H](N)[C@@H](O)[C@@H](C)[C@H](OC(C)=O)[C@@H]1C)C4=O. The Morgan fingerprint density at radius 3 is 2.23 bits per heavy atom. The van der Waals surface area contributed by atoms with Crippen LogP contribution in [-0.4, -0.2) is 159 Å². The number of anilines is 1. The molecule has 10 rings (SSSR count). The van der Waals surface area contributed by atoms with Crippen LogP contribution >= 0.6 is 0 Å². The molecular weight excluding hydrogens is 1080 g/mol. The Kier molecular flexibility index (Phi) is 17.0. The number of phenols is 1. The van der Waals surface area contributed by atoms with Crippen LogP contribution in [0.1, 0.15) is 138 Å². The van der Waals surface area contributed by atoms with E-state index in [-0.39, 0.29) is 59.1 Å². The lowest BCUT2D eigenvalue weighted by molar-refractivity contribution is -0.159. The number of carboxylic acids is 1. The number of aryl methyl sites for hydroxylation is 1. The smallest absolute Gasteiger partial charge is 0.341 e. The summed E-state index contributed by atoms with van der Waals surface area (Å²) in [5, 5.41) is 47.3. The summed E-state index contributed by atoms with van der Waals surface area (Å²) in [7, 11) is 3.39. The normalized spacial score (nSPS) is 29.9. The van der Waals surface area contributed by atoms with Crippen LogP contribution in [0.3, 0.4) is 0 Å². The minimum atomic E-state index is -2.16. The van der Waals surface area contributed by atoms with Crippen molar-refractivity contribution in [1.29, 1.82) is 0 Å². The number of benzene rings is 1. The van der Waals surface area contributed by atoms with Crippen LogP contribution in [0.5, 0.6) is 11.5 Å². The molecule has 0 radical (unpaired) electrons. The second-order valence-electron chi connectivity index (χ2n) is 23.6. The highest BCUT2D eigenvalue weighted by Crippen LogP contribution is 2.50. The van der Waals surface area contributed by atoms with Gasteiger partial charge in [0.15, 0.2) is 5.82 Å². The number of carbonyl (C=O) groups is 6. The Balaban J connectivity index is 1.00. The maximum Gasteiger partial charge on any atom is 0.341 e. The number of hydrogen-bond acceptors (Lipinski definition) is 18. The minimum absolute atomic E-state index is 0.0191. The number of nitrogens with one attached hydrogen (secondary N) is 1. The summed E-state index contributed by atoms with van der Waals surface area (Å²) < 4.78 is 41.1. The number of aliphatic hydroxyl groups is 2. The minimum Gasteiger partial charge on any atom is -0.507 e. The van der Waals surface area contributed by atoms with Gasteiger partial charge in [-0.2, -0.15) is 0 Å². The number of carboxylic acid groups (broad SMARTS) is 1. The first kappa shape index (κ1) is 60.4. The molecule has 5 bridgehead atoms. The summed E-state index contributed by atoms with van der Waals surface area (Å²) in [5.74, 6) is -11.0. The Morgan fingerprint density at radius 2 is 1.59 bits per heavy atom. The summed E-state index contributed by atoms with van der Waals surface area (Å²) in [6.07, 6.45) is 6.99. The molecule has 2 aromatic heterocycles. The number of fused-ring (bicyclic) bond motifs is 15. The average molecular weight is 1150 g/mol. The number of methoxy groups -OCH3 is 1. The number of Topliss-reactive ketones (excluding diaryl/α,β-unsaturated/α-hetero) is 3. The Bertz CT molecular complexity index is 3380. The van der Waals surface area contributed by atoms with Crippen LogP contribution in [0.15, 0.2) is 64.6 Å². The van der Waals surface area contributed by atoms with Gasteiger partial charge in [-0.05, 0) is 95.0 Å². The molecule has 0 spiro atoms. The molecule has 21 nitrogen and oxygen atoms in total. The van der Waals surface area contributed by atoms with Gasteiger partial charge in [-0.25, -0.2) is 9.18 Å². The molecule has 2 saturated heterocycles. The Morgan fingerprint density at radius 1 is 0.916 bits per heavy atom. The van der Waals surface area contributed by atoms with E-state index >= 15 is 14.0 Å². The van der Waals surface area contributed by atoms with Crippen molar-refractivity contribution in [1.82, 2.24) is 19.5 Å². The molecule has 7 N–H and O–H groups in total. The fourth-order valence-electron chi connectivity index (χ4n) is 12.9. The number of piperidine rings is 1. The standard InChI is InChI=1S/C61H75FN6O15/c1-28-12-11-13-29(2)58(76)64-46-49(66-21-17-37(18-22-66)65(9)25-35-16-20-67(26-35)48-31(4)47-38(36-14-15-36)24-39(60(78)79)59(77)68(47)27-40(48)62)54(74)42-43(53(46)73)51(71)32(5)56-44(42)57(75)61(8,83-56)81-23-19-41(80-10)30(3)55(82-34(7)69)33(6)52(72)45(63)50(28)70/h11-13,19,23-24,27-28,30,33,35-37,41,45,50,52,55,70-72H,14-18,20-22,25-26,63H2,1-10H3,(H,64,76)(H,78,79)/b12-11+,23-19+,29-13-/t28-,30+,33+,35?,41-,45+,50-,52-,55+,61-/m0/s1. The van der Waals surface area contributed by atoms with Crippen molar-refractivity contribution >= 4 is 46.4 Å². The molecule has 1 unspecified atom stereocenters. The highest BCUT2D eigenvalue weighted by Gasteiger charge is 2.53. The molecule has 5 aliphatic heterocycles. The molecule has 446 valence electrons. The van der Waals surface area contributed by atoms with Gasteiger partial charge in [0.2, 0.25) is 11.6 Å². The molecule has 1 amide bonds. The van der Waals surface area contributed by atoms with Crippen LogP contribution in [0.25, 0.3) is 5.52 Å². The number of phenolic OH excluding ortho intramolecular Hbond substituents is 1. The number of aromatic hydroxyl groups is 1. The molecular formula is C61H75FN6O15. The second kappa shape index (κ2) is 23.4.